The topological polar surface area (TPSA) is 210 Å². The van der Waals surface area contributed by atoms with E-state index < -0.39 is 6.03 Å². The number of urea groups is 3. The van der Waals surface area contributed by atoms with E-state index in [4.69, 9.17) is 39.5 Å². The van der Waals surface area contributed by atoms with Crippen molar-refractivity contribution in [1.82, 2.24) is 16.0 Å². The van der Waals surface area contributed by atoms with Gasteiger partial charge in [-0.2, -0.15) is 0 Å². The number of rotatable bonds is 13. The summed E-state index contributed by atoms with van der Waals surface area (Å²) in [6, 6.07) is 21.9. The average molecular weight is 820 g/mol. The van der Waals surface area contributed by atoms with Crippen LogP contribution in [0.5, 0.6) is 17.2 Å². The maximum Gasteiger partial charge on any atom is 0.319 e. The third-order valence-corrected chi connectivity index (χ3v) is 7.81. The van der Waals surface area contributed by atoms with Crippen molar-refractivity contribution in [2.24, 2.45) is 0 Å². The zero-order valence-electron chi connectivity index (χ0n) is 30.3. The Hall–Kier alpha value is -5.57. The molecule has 55 heavy (non-hydrogen) atoms. The standard InChI is InChI=1S/C14H13ClN2O2.C12H15ClN2O4.C12H17ClN2O2/c15-12-8-11(6-7-13(12)18)17-14(19)16-9-10-4-2-1-3-5-10;1-2-19-11(17)5-6-14-12(18)15-8-3-4-10(16)9(13)7-8;1-2-3-4-7-14-12(17)15-9-5-6-11(16)10(13)8-9/h1-8,18H,9H2,(H2,16,17,19);3-4,7,16H,2,5-6H2,1H3,(H2,14,15,18);5-6,8,16H,2-4,7H2,1H3,(H2,14,15,17). The molecule has 0 aliphatic carbocycles. The summed E-state index contributed by atoms with van der Waals surface area (Å²) in [7, 11) is 0. The summed E-state index contributed by atoms with van der Waals surface area (Å²) in [5.41, 5.74) is 2.53. The molecular formula is C38H45Cl3N6O8. The molecule has 4 rings (SSSR count). The van der Waals surface area contributed by atoms with E-state index in [9.17, 15) is 34.5 Å². The van der Waals surface area contributed by atoms with Crippen LogP contribution in [0, 0.1) is 0 Å². The lowest BCUT2D eigenvalue weighted by molar-refractivity contribution is -0.142. The Labute approximate surface area is 334 Å². The molecule has 4 aromatic carbocycles. The van der Waals surface area contributed by atoms with Gasteiger partial charge in [-0.3, -0.25) is 4.79 Å². The van der Waals surface area contributed by atoms with Crippen molar-refractivity contribution in [3.05, 3.63) is 106 Å². The van der Waals surface area contributed by atoms with Crippen LogP contribution in [-0.2, 0) is 16.1 Å². The van der Waals surface area contributed by atoms with Gasteiger partial charge in [-0.05, 0) is 73.5 Å². The number of unbranched alkanes of at least 4 members (excludes halogenated alkanes) is 2. The Bertz CT molecular complexity index is 1840. The van der Waals surface area contributed by atoms with Crippen LogP contribution in [-0.4, -0.2) is 59.1 Å². The first-order valence-corrected chi connectivity index (χ1v) is 18.2. The van der Waals surface area contributed by atoms with Crippen LogP contribution in [0.15, 0.2) is 84.9 Å². The van der Waals surface area contributed by atoms with E-state index >= 15 is 0 Å². The average Bonchev–Trinajstić information content (AvgIpc) is 3.15. The lowest BCUT2D eigenvalue weighted by atomic mass is 10.2. The number of aromatic hydroxyl groups is 3. The number of carbonyl (C=O) groups excluding carboxylic acids is 4. The third-order valence-electron chi connectivity index (χ3n) is 6.90. The molecule has 0 fully saturated rings. The van der Waals surface area contributed by atoms with Gasteiger partial charge in [0.15, 0.2) is 0 Å². The highest BCUT2D eigenvalue weighted by Crippen LogP contribution is 2.27. The van der Waals surface area contributed by atoms with Crippen molar-refractivity contribution in [2.45, 2.75) is 46.1 Å². The minimum absolute atomic E-state index is 0.000528. The van der Waals surface area contributed by atoms with Gasteiger partial charge in [0.05, 0.1) is 28.1 Å². The number of esters is 1. The molecule has 0 heterocycles. The number of halogens is 3. The first kappa shape index (κ1) is 45.6. The lowest BCUT2D eigenvalue weighted by Crippen LogP contribution is -2.30. The zero-order valence-corrected chi connectivity index (χ0v) is 32.5. The van der Waals surface area contributed by atoms with Crippen LogP contribution in [0.4, 0.5) is 31.4 Å². The van der Waals surface area contributed by atoms with Gasteiger partial charge in [-0.25, -0.2) is 14.4 Å². The maximum absolute atomic E-state index is 11.7. The monoisotopic (exact) mass is 818 g/mol. The fourth-order valence-electron chi connectivity index (χ4n) is 4.15. The number of anilines is 3. The smallest absolute Gasteiger partial charge is 0.319 e. The van der Waals surface area contributed by atoms with Crippen LogP contribution in [0.3, 0.4) is 0 Å². The molecule has 0 saturated carbocycles. The number of phenolic OH excluding ortho intramolecular Hbond substituents is 3. The molecule has 4 aromatic rings. The Morgan fingerprint density at radius 2 is 1.02 bits per heavy atom. The molecule has 0 aliphatic heterocycles. The number of ether oxygens (including phenoxy) is 1. The summed E-state index contributed by atoms with van der Waals surface area (Å²) in [4.78, 5) is 45.6. The summed E-state index contributed by atoms with van der Waals surface area (Å²) in [6.45, 7) is 5.42. The van der Waals surface area contributed by atoms with E-state index in [1.54, 1.807) is 19.1 Å². The fraction of sp³-hybridized carbons (Fsp3) is 0.263. The second-order valence-electron chi connectivity index (χ2n) is 11.3. The van der Waals surface area contributed by atoms with Crippen LogP contribution in [0.25, 0.3) is 0 Å². The largest absolute Gasteiger partial charge is 0.506 e. The molecule has 0 atom stereocenters. The zero-order chi connectivity index (χ0) is 40.6. The number of phenols is 3. The normalized spacial score (nSPS) is 9.91. The Morgan fingerprint density at radius 1 is 0.582 bits per heavy atom. The number of benzene rings is 4. The Morgan fingerprint density at radius 3 is 1.44 bits per heavy atom. The molecule has 296 valence electrons. The van der Waals surface area contributed by atoms with Gasteiger partial charge in [0.2, 0.25) is 0 Å². The van der Waals surface area contributed by atoms with Crippen LogP contribution in [0.1, 0.15) is 45.1 Å². The molecule has 0 radical (unpaired) electrons. The number of carbonyl (C=O) groups is 4. The number of hydrogen-bond acceptors (Lipinski definition) is 8. The number of amides is 6. The van der Waals surface area contributed by atoms with E-state index in [2.05, 4.69) is 38.8 Å². The molecule has 17 heteroatoms. The molecule has 14 nitrogen and oxygen atoms in total. The van der Waals surface area contributed by atoms with Crippen molar-refractivity contribution >= 4 is 75.9 Å². The number of hydrogen-bond donors (Lipinski definition) is 9. The highest BCUT2D eigenvalue weighted by Gasteiger charge is 2.08. The molecule has 0 unspecified atom stereocenters. The summed E-state index contributed by atoms with van der Waals surface area (Å²) < 4.78 is 4.71. The van der Waals surface area contributed by atoms with Gasteiger partial charge in [0.25, 0.3) is 0 Å². The van der Waals surface area contributed by atoms with Gasteiger partial charge < -0.3 is 52.0 Å². The summed E-state index contributed by atoms with van der Waals surface area (Å²) in [5, 5.41) is 44.0. The van der Waals surface area contributed by atoms with Gasteiger partial charge in [0.1, 0.15) is 17.2 Å². The van der Waals surface area contributed by atoms with Crippen LogP contribution in [0.2, 0.25) is 15.1 Å². The van der Waals surface area contributed by atoms with Gasteiger partial charge in [0, 0.05) is 36.7 Å². The Kier molecular flexibility index (Phi) is 21.1. The number of nitrogens with one attached hydrogen (secondary N) is 6. The van der Waals surface area contributed by atoms with Crippen molar-refractivity contribution in [3.63, 3.8) is 0 Å². The van der Waals surface area contributed by atoms with E-state index in [0.29, 0.717) is 36.8 Å². The van der Waals surface area contributed by atoms with Gasteiger partial charge >= 0.3 is 24.1 Å². The van der Waals surface area contributed by atoms with Crippen molar-refractivity contribution in [2.75, 3.05) is 35.6 Å². The molecule has 0 bridgehead atoms. The second-order valence-corrected chi connectivity index (χ2v) is 12.5. The highest BCUT2D eigenvalue weighted by molar-refractivity contribution is 6.33. The first-order valence-electron chi connectivity index (χ1n) is 17.1. The maximum atomic E-state index is 11.7. The predicted octanol–water partition coefficient (Wildman–Crippen LogP) is 8.84. The van der Waals surface area contributed by atoms with Crippen molar-refractivity contribution in [3.8, 4) is 17.2 Å². The van der Waals surface area contributed by atoms with E-state index in [1.807, 2.05) is 30.3 Å². The Balaban J connectivity index is 0.000000286. The van der Waals surface area contributed by atoms with E-state index in [1.165, 1.54) is 42.5 Å². The molecule has 0 spiro atoms. The van der Waals surface area contributed by atoms with Crippen molar-refractivity contribution < 1.29 is 39.2 Å². The van der Waals surface area contributed by atoms with E-state index in [0.717, 1.165) is 24.8 Å². The molecule has 0 aliphatic rings. The van der Waals surface area contributed by atoms with Crippen molar-refractivity contribution in [1.29, 1.82) is 0 Å². The second kappa shape index (κ2) is 25.4. The molecule has 0 aromatic heterocycles. The minimum atomic E-state index is -0.467. The SMILES string of the molecule is CCCCCNC(=O)Nc1ccc(O)c(Cl)c1.CCOC(=O)CCNC(=O)Nc1ccc(O)c(Cl)c1.O=C(NCc1ccccc1)Nc1ccc(O)c(Cl)c1. The highest BCUT2D eigenvalue weighted by atomic mass is 35.5. The van der Waals surface area contributed by atoms with Crippen LogP contribution < -0.4 is 31.9 Å². The molecular weight excluding hydrogens is 775 g/mol. The van der Waals surface area contributed by atoms with Crippen LogP contribution >= 0.6 is 34.8 Å². The quantitative estimate of drug-likeness (QED) is 0.0361. The first-order chi connectivity index (χ1) is 26.3. The lowest BCUT2D eigenvalue weighted by Gasteiger charge is -2.08. The molecule has 9 N–H and O–H groups in total. The summed E-state index contributed by atoms with van der Waals surface area (Å²) in [6.07, 6.45) is 3.31. The summed E-state index contributed by atoms with van der Waals surface area (Å²) in [5.74, 6) is -0.442. The summed E-state index contributed by atoms with van der Waals surface area (Å²) >= 11 is 17.2. The van der Waals surface area contributed by atoms with Gasteiger partial charge in [-0.15, -0.1) is 0 Å². The minimum Gasteiger partial charge on any atom is -0.506 e. The molecule has 6 amide bonds. The predicted molar refractivity (Wildman–Crippen MR) is 216 cm³/mol. The van der Waals surface area contributed by atoms with E-state index in [-0.39, 0.29) is 63.3 Å². The third kappa shape index (κ3) is 19.4. The fourth-order valence-corrected chi connectivity index (χ4v) is 4.69. The molecule has 0 saturated heterocycles. The van der Waals surface area contributed by atoms with Gasteiger partial charge in [-0.1, -0.05) is 84.9 Å².